The molecule has 2 rings (SSSR count). The first-order chi connectivity index (χ1) is 8.56. The molecule has 1 aromatic carbocycles. The van der Waals surface area contributed by atoms with Crippen LogP contribution in [0.15, 0.2) is 18.2 Å². The van der Waals surface area contributed by atoms with E-state index in [4.69, 9.17) is 19.5 Å². The standard InChI is InChI=1S/C13H19BO4/c1-9-7-11(5-6-13(9)14(15)16)17-8-12-4-3-10(2)18-12/h5-7,10,12,15-16H,3-4,8H2,1-2H3. The van der Waals surface area contributed by atoms with Crippen LogP contribution >= 0.6 is 0 Å². The molecule has 4 nitrogen and oxygen atoms in total. The Morgan fingerprint density at radius 3 is 2.72 bits per heavy atom. The van der Waals surface area contributed by atoms with Gasteiger partial charge in [-0.2, -0.15) is 0 Å². The number of aryl methyl sites for hydroxylation is 1. The van der Waals surface area contributed by atoms with Crippen LogP contribution in [-0.2, 0) is 4.74 Å². The van der Waals surface area contributed by atoms with Gasteiger partial charge in [-0.25, -0.2) is 0 Å². The molecule has 2 atom stereocenters. The minimum absolute atomic E-state index is 0.170. The Kier molecular flexibility index (Phi) is 4.27. The van der Waals surface area contributed by atoms with Gasteiger partial charge in [0.05, 0.1) is 12.2 Å². The van der Waals surface area contributed by atoms with Crippen molar-refractivity contribution in [1.29, 1.82) is 0 Å². The van der Waals surface area contributed by atoms with Gasteiger partial charge in [0, 0.05) is 0 Å². The van der Waals surface area contributed by atoms with E-state index in [1.807, 2.05) is 13.0 Å². The summed E-state index contributed by atoms with van der Waals surface area (Å²) in [6.45, 7) is 4.45. The van der Waals surface area contributed by atoms with E-state index in [1.165, 1.54) is 0 Å². The van der Waals surface area contributed by atoms with Gasteiger partial charge in [0.2, 0.25) is 0 Å². The number of rotatable bonds is 4. The van der Waals surface area contributed by atoms with Crippen LogP contribution in [0.2, 0.25) is 0 Å². The van der Waals surface area contributed by atoms with Crippen molar-refractivity contribution < 1.29 is 19.5 Å². The molecule has 1 saturated heterocycles. The monoisotopic (exact) mass is 250 g/mol. The topological polar surface area (TPSA) is 58.9 Å². The summed E-state index contributed by atoms with van der Waals surface area (Å²) < 4.78 is 11.3. The van der Waals surface area contributed by atoms with Gasteiger partial charge in [-0.05, 0) is 49.8 Å². The lowest BCUT2D eigenvalue weighted by atomic mass is 9.77. The summed E-state index contributed by atoms with van der Waals surface area (Å²) in [5.41, 5.74) is 1.32. The molecule has 1 aliphatic heterocycles. The van der Waals surface area contributed by atoms with Crippen molar-refractivity contribution in [3.8, 4) is 5.75 Å². The number of ether oxygens (including phenoxy) is 2. The molecule has 2 N–H and O–H groups in total. The van der Waals surface area contributed by atoms with E-state index in [9.17, 15) is 0 Å². The zero-order valence-electron chi connectivity index (χ0n) is 10.8. The normalized spacial score (nSPS) is 23.1. The van der Waals surface area contributed by atoms with E-state index < -0.39 is 7.12 Å². The minimum atomic E-state index is -1.43. The van der Waals surface area contributed by atoms with Crippen LogP contribution in [0, 0.1) is 6.92 Å². The first kappa shape index (κ1) is 13.4. The Balaban J connectivity index is 1.92. The number of hydrogen-bond acceptors (Lipinski definition) is 4. The molecule has 0 spiro atoms. The largest absolute Gasteiger partial charge is 0.491 e. The molecular weight excluding hydrogens is 231 g/mol. The van der Waals surface area contributed by atoms with E-state index in [0.717, 1.165) is 24.2 Å². The molecule has 0 radical (unpaired) electrons. The lowest BCUT2D eigenvalue weighted by Crippen LogP contribution is -2.32. The Morgan fingerprint density at radius 1 is 1.39 bits per heavy atom. The van der Waals surface area contributed by atoms with Crippen molar-refractivity contribution >= 4 is 12.6 Å². The Morgan fingerprint density at radius 2 is 2.17 bits per heavy atom. The third-order valence-corrected chi connectivity index (χ3v) is 3.28. The lowest BCUT2D eigenvalue weighted by molar-refractivity contribution is 0.0264. The van der Waals surface area contributed by atoms with Crippen LogP contribution in [-0.4, -0.2) is 36.0 Å². The van der Waals surface area contributed by atoms with Gasteiger partial charge in [-0.3, -0.25) is 0 Å². The third-order valence-electron chi connectivity index (χ3n) is 3.28. The van der Waals surface area contributed by atoms with Crippen LogP contribution in [0.4, 0.5) is 0 Å². The van der Waals surface area contributed by atoms with Gasteiger partial charge in [-0.1, -0.05) is 6.07 Å². The smallest absolute Gasteiger partial charge is 0.488 e. The van der Waals surface area contributed by atoms with Crippen LogP contribution < -0.4 is 10.2 Å². The average Bonchev–Trinajstić information content (AvgIpc) is 2.72. The Labute approximate surface area is 108 Å². The summed E-state index contributed by atoms with van der Waals surface area (Å²) in [7, 11) is -1.43. The van der Waals surface area contributed by atoms with Gasteiger partial charge in [0.1, 0.15) is 12.4 Å². The van der Waals surface area contributed by atoms with Crippen molar-refractivity contribution in [2.45, 2.75) is 38.9 Å². The highest BCUT2D eigenvalue weighted by molar-refractivity contribution is 6.59. The van der Waals surface area contributed by atoms with Gasteiger partial charge < -0.3 is 19.5 Å². The van der Waals surface area contributed by atoms with Crippen molar-refractivity contribution in [2.24, 2.45) is 0 Å². The van der Waals surface area contributed by atoms with Gasteiger partial charge in [0.15, 0.2) is 0 Å². The summed E-state index contributed by atoms with van der Waals surface area (Å²) in [4.78, 5) is 0. The van der Waals surface area contributed by atoms with Crippen molar-refractivity contribution in [3.63, 3.8) is 0 Å². The predicted octanol–water partition coefficient (Wildman–Crippen LogP) is 0.621. The van der Waals surface area contributed by atoms with Crippen LogP contribution in [0.3, 0.4) is 0 Å². The molecule has 0 saturated carbocycles. The highest BCUT2D eigenvalue weighted by Crippen LogP contribution is 2.20. The van der Waals surface area contributed by atoms with E-state index in [1.54, 1.807) is 12.1 Å². The molecular formula is C13H19BO4. The fraction of sp³-hybridized carbons (Fsp3) is 0.538. The predicted molar refractivity (Wildman–Crippen MR) is 70.1 cm³/mol. The zero-order chi connectivity index (χ0) is 13.1. The minimum Gasteiger partial charge on any atom is -0.491 e. The fourth-order valence-electron chi connectivity index (χ4n) is 2.22. The molecule has 0 aliphatic carbocycles. The first-order valence-corrected chi connectivity index (χ1v) is 6.31. The van der Waals surface area contributed by atoms with Crippen LogP contribution in [0.1, 0.15) is 25.3 Å². The molecule has 1 heterocycles. The molecule has 1 fully saturated rings. The summed E-state index contributed by atoms with van der Waals surface area (Å²) >= 11 is 0. The van der Waals surface area contributed by atoms with Crippen LogP contribution in [0.25, 0.3) is 0 Å². The molecule has 18 heavy (non-hydrogen) atoms. The maximum Gasteiger partial charge on any atom is 0.488 e. The van der Waals surface area contributed by atoms with E-state index >= 15 is 0 Å². The van der Waals surface area contributed by atoms with Crippen molar-refractivity contribution in [2.75, 3.05) is 6.61 Å². The van der Waals surface area contributed by atoms with E-state index in [-0.39, 0.29) is 6.10 Å². The molecule has 1 aliphatic rings. The number of hydrogen-bond donors (Lipinski definition) is 2. The van der Waals surface area contributed by atoms with Gasteiger partial charge in [0.25, 0.3) is 0 Å². The molecule has 0 bridgehead atoms. The van der Waals surface area contributed by atoms with E-state index in [2.05, 4.69) is 6.92 Å². The molecule has 1 aromatic rings. The highest BCUT2D eigenvalue weighted by atomic mass is 16.5. The zero-order valence-corrected chi connectivity index (χ0v) is 10.8. The highest BCUT2D eigenvalue weighted by Gasteiger charge is 2.22. The molecule has 5 heteroatoms. The second-order valence-corrected chi connectivity index (χ2v) is 4.85. The van der Waals surface area contributed by atoms with Crippen LogP contribution in [0.5, 0.6) is 5.75 Å². The lowest BCUT2D eigenvalue weighted by Gasteiger charge is -2.14. The quantitative estimate of drug-likeness (QED) is 0.769. The van der Waals surface area contributed by atoms with E-state index in [0.29, 0.717) is 18.2 Å². The number of benzene rings is 1. The second kappa shape index (κ2) is 5.74. The SMILES string of the molecule is Cc1cc(OCC2CCC(C)O2)ccc1B(O)O. The Bertz CT molecular complexity index is 408. The maximum absolute atomic E-state index is 9.12. The summed E-state index contributed by atoms with van der Waals surface area (Å²) in [5.74, 6) is 0.736. The first-order valence-electron chi connectivity index (χ1n) is 6.31. The molecule has 98 valence electrons. The molecule has 0 aromatic heterocycles. The maximum atomic E-state index is 9.12. The third kappa shape index (κ3) is 3.25. The fourth-order valence-corrected chi connectivity index (χ4v) is 2.22. The summed E-state index contributed by atoms with van der Waals surface area (Å²) in [5, 5.41) is 18.2. The second-order valence-electron chi connectivity index (χ2n) is 4.85. The molecule has 2 unspecified atom stereocenters. The van der Waals surface area contributed by atoms with Gasteiger partial charge in [-0.15, -0.1) is 0 Å². The molecule has 0 amide bonds. The van der Waals surface area contributed by atoms with Crippen molar-refractivity contribution in [3.05, 3.63) is 23.8 Å². The average molecular weight is 250 g/mol. The summed E-state index contributed by atoms with van der Waals surface area (Å²) in [6, 6.07) is 5.24. The van der Waals surface area contributed by atoms with Crippen molar-refractivity contribution in [1.82, 2.24) is 0 Å². The summed E-state index contributed by atoms with van der Waals surface area (Å²) in [6.07, 6.45) is 2.62. The van der Waals surface area contributed by atoms with Gasteiger partial charge >= 0.3 is 7.12 Å². The Hall–Kier alpha value is -1.04.